The van der Waals surface area contributed by atoms with Crippen molar-refractivity contribution in [3.8, 4) is 16.9 Å². The minimum absolute atomic E-state index is 0.304. The van der Waals surface area contributed by atoms with Crippen molar-refractivity contribution in [1.29, 1.82) is 0 Å². The van der Waals surface area contributed by atoms with Crippen molar-refractivity contribution in [3.63, 3.8) is 0 Å². The van der Waals surface area contributed by atoms with Crippen LogP contribution in [0, 0.1) is 12.8 Å². The van der Waals surface area contributed by atoms with Gasteiger partial charge in [-0.25, -0.2) is 4.79 Å². The molecule has 1 aliphatic rings. The van der Waals surface area contributed by atoms with Crippen LogP contribution in [0.2, 0.25) is 0 Å². The molecule has 206 valence electrons. The number of nitrogens with one attached hydrogen (secondary N) is 1. The number of thioether (sulfide) groups is 1. The van der Waals surface area contributed by atoms with Gasteiger partial charge in [-0.3, -0.25) is 9.69 Å². The molecule has 1 aliphatic heterocycles. The molecule has 1 saturated heterocycles. The number of carbonyl (C=O) groups is 2. The zero-order chi connectivity index (χ0) is 27.8. The zero-order valence-electron chi connectivity index (χ0n) is 22.9. The molecule has 6 nitrogen and oxygen atoms in total. The highest BCUT2D eigenvalue weighted by atomic mass is 32.2. The van der Waals surface area contributed by atoms with Crippen molar-refractivity contribution >= 4 is 23.6 Å². The molecule has 2 N–H and O–H groups in total. The molecule has 1 fully saturated rings. The van der Waals surface area contributed by atoms with Crippen LogP contribution in [0.25, 0.3) is 11.1 Å². The van der Waals surface area contributed by atoms with Gasteiger partial charge in [0.05, 0.1) is 0 Å². The fourth-order valence-electron chi connectivity index (χ4n) is 5.26. The number of ether oxygens (including phenoxy) is 1. The minimum Gasteiger partial charge on any atom is -0.492 e. The van der Waals surface area contributed by atoms with Crippen molar-refractivity contribution in [2.75, 3.05) is 25.2 Å². The summed E-state index contributed by atoms with van der Waals surface area (Å²) in [6.07, 6.45) is 3.37. The Labute approximate surface area is 235 Å². The summed E-state index contributed by atoms with van der Waals surface area (Å²) in [6.45, 7) is 6.67. The summed E-state index contributed by atoms with van der Waals surface area (Å²) in [5, 5.41) is 12.4. The van der Waals surface area contributed by atoms with Gasteiger partial charge in [-0.05, 0) is 84.2 Å². The lowest BCUT2D eigenvalue weighted by Crippen LogP contribution is -2.41. The fraction of sp³-hybridized carbons (Fsp3) is 0.375. The number of para-hydroxylation sites is 1. The van der Waals surface area contributed by atoms with Crippen molar-refractivity contribution < 1.29 is 19.4 Å². The fourth-order valence-corrected chi connectivity index (χ4v) is 5.73. The average Bonchev–Trinajstić information content (AvgIpc) is 3.28. The van der Waals surface area contributed by atoms with E-state index in [1.165, 1.54) is 0 Å². The normalized spacial score (nSPS) is 18.0. The summed E-state index contributed by atoms with van der Waals surface area (Å²) in [6, 6.07) is 23.2. The molecule has 39 heavy (non-hydrogen) atoms. The summed E-state index contributed by atoms with van der Waals surface area (Å²) in [7, 11) is 0. The zero-order valence-corrected chi connectivity index (χ0v) is 23.7. The monoisotopic (exact) mass is 546 g/mol. The molecular weight excluding hydrogens is 508 g/mol. The third kappa shape index (κ3) is 7.64. The van der Waals surface area contributed by atoms with Gasteiger partial charge in [-0.1, -0.05) is 55.5 Å². The first-order chi connectivity index (χ1) is 18.9. The number of aliphatic carboxylic acids is 1. The van der Waals surface area contributed by atoms with Crippen LogP contribution in [-0.4, -0.2) is 59.1 Å². The van der Waals surface area contributed by atoms with Crippen LogP contribution in [0.3, 0.4) is 0 Å². The summed E-state index contributed by atoms with van der Waals surface area (Å²) >= 11 is 1.56. The summed E-state index contributed by atoms with van der Waals surface area (Å²) in [5.74, 6) is 0.732. The van der Waals surface area contributed by atoms with Gasteiger partial charge in [-0.2, -0.15) is 11.8 Å². The van der Waals surface area contributed by atoms with Crippen LogP contribution in [-0.2, 0) is 11.3 Å². The van der Waals surface area contributed by atoms with Gasteiger partial charge in [-0.15, -0.1) is 0 Å². The third-order valence-corrected chi connectivity index (χ3v) is 7.93. The number of rotatable bonds is 12. The number of likely N-dealkylation sites (tertiary alicyclic amines) is 1. The maximum absolute atomic E-state index is 13.4. The van der Waals surface area contributed by atoms with Crippen LogP contribution < -0.4 is 10.1 Å². The number of hydrogen-bond acceptors (Lipinski definition) is 5. The smallest absolute Gasteiger partial charge is 0.326 e. The van der Waals surface area contributed by atoms with E-state index in [9.17, 15) is 14.7 Å². The number of carboxylic acid groups (broad SMARTS) is 1. The first kappa shape index (κ1) is 28.7. The molecule has 3 aromatic rings. The highest BCUT2D eigenvalue weighted by Gasteiger charge is 2.30. The Morgan fingerprint density at radius 1 is 1.08 bits per heavy atom. The summed E-state index contributed by atoms with van der Waals surface area (Å²) in [4.78, 5) is 27.6. The molecule has 1 heterocycles. The van der Waals surface area contributed by atoms with Crippen molar-refractivity contribution in [2.45, 2.75) is 45.3 Å². The molecular formula is C32H38N2O4S. The van der Waals surface area contributed by atoms with Crippen LogP contribution in [0.4, 0.5) is 0 Å². The predicted molar refractivity (Wildman–Crippen MR) is 158 cm³/mol. The van der Waals surface area contributed by atoms with E-state index in [0.717, 1.165) is 47.5 Å². The Morgan fingerprint density at radius 2 is 1.82 bits per heavy atom. The third-order valence-electron chi connectivity index (χ3n) is 7.29. The molecule has 0 bridgehead atoms. The van der Waals surface area contributed by atoms with Crippen molar-refractivity contribution in [2.24, 2.45) is 5.92 Å². The van der Waals surface area contributed by atoms with Gasteiger partial charge < -0.3 is 15.2 Å². The van der Waals surface area contributed by atoms with Crippen molar-refractivity contribution in [3.05, 3.63) is 89.5 Å². The van der Waals surface area contributed by atoms with Crippen LogP contribution in [0.15, 0.2) is 72.8 Å². The van der Waals surface area contributed by atoms with Gasteiger partial charge in [0, 0.05) is 24.7 Å². The predicted octanol–water partition coefficient (Wildman–Crippen LogP) is 5.89. The highest BCUT2D eigenvalue weighted by Crippen LogP contribution is 2.31. The Hall–Kier alpha value is -3.29. The van der Waals surface area contributed by atoms with E-state index in [2.05, 4.69) is 23.2 Å². The van der Waals surface area contributed by atoms with Gasteiger partial charge in [0.25, 0.3) is 5.91 Å². The lowest BCUT2D eigenvalue weighted by atomic mass is 9.93. The van der Waals surface area contributed by atoms with Gasteiger partial charge >= 0.3 is 5.97 Å². The number of amides is 1. The molecule has 7 heteroatoms. The van der Waals surface area contributed by atoms with E-state index in [0.29, 0.717) is 36.3 Å². The van der Waals surface area contributed by atoms with E-state index in [1.807, 2.05) is 79.9 Å². The maximum atomic E-state index is 13.4. The Balaban J connectivity index is 1.58. The van der Waals surface area contributed by atoms with E-state index in [1.54, 1.807) is 11.8 Å². The number of aryl methyl sites for hydroxylation is 1. The number of nitrogens with zero attached hydrogens (tertiary/aromatic N) is 1. The molecule has 0 aromatic heterocycles. The van der Waals surface area contributed by atoms with E-state index >= 15 is 0 Å². The average molecular weight is 547 g/mol. The van der Waals surface area contributed by atoms with E-state index in [-0.39, 0.29) is 5.91 Å². The first-order valence-corrected chi connectivity index (χ1v) is 14.9. The van der Waals surface area contributed by atoms with E-state index in [4.69, 9.17) is 4.74 Å². The van der Waals surface area contributed by atoms with E-state index < -0.39 is 12.0 Å². The first-order valence-electron chi connectivity index (χ1n) is 13.5. The number of carboxylic acids is 1. The highest BCUT2D eigenvalue weighted by molar-refractivity contribution is 7.98. The molecule has 1 amide bonds. The number of benzene rings is 3. The Morgan fingerprint density at radius 3 is 2.54 bits per heavy atom. The van der Waals surface area contributed by atoms with Gasteiger partial charge in [0.1, 0.15) is 18.4 Å². The SMILES string of the molecule is CSCCC(NC(=O)c1ccc(CN2CC(C)CC2COc2ccccc2)cc1-c1ccccc1C)C(=O)O. The van der Waals surface area contributed by atoms with Gasteiger partial charge in [0.15, 0.2) is 0 Å². The molecule has 0 spiro atoms. The second kappa shape index (κ2) is 13.7. The lowest BCUT2D eigenvalue weighted by Gasteiger charge is -2.25. The number of carbonyl (C=O) groups excluding carboxylic acids is 1. The maximum Gasteiger partial charge on any atom is 0.326 e. The largest absolute Gasteiger partial charge is 0.492 e. The van der Waals surface area contributed by atoms with Crippen LogP contribution >= 0.6 is 11.8 Å². The molecule has 0 saturated carbocycles. The Bertz CT molecular complexity index is 1270. The molecule has 4 rings (SSSR count). The Kier molecular flexibility index (Phi) is 10.1. The molecule has 0 radical (unpaired) electrons. The van der Waals surface area contributed by atoms with Crippen LogP contribution in [0.1, 0.15) is 41.3 Å². The van der Waals surface area contributed by atoms with Crippen LogP contribution in [0.5, 0.6) is 5.75 Å². The molecule has 3 aromatic carbocycles. The summed E-state index contributed by atoms with van der Waals surface area (Å²) in [5.41, 5.74) is 4.45. The second-order valence-electron chi connectivity index (χ2n) is 10.4. The molecule has 0 aliphatic carbocycles. The standard InChI is InChI=1S/C32H38N2O4S/c1-22-17-25(21-38-26-10-5-4-6-11-26)34(19-22)20-24-13-14-28(29(18-24)27-12-8-7-9-23(27)2)31(35)33-30(32(36)37)15-16-39-3/h4-14,18,22,25,30H,15-17,19-21H2,1-3H3,(H,33,35)(H,36,37). The molecule has 3 atom stereocenters. The van der Waals surface area contributed by atoms with Gasteiger partial charge in [0.2, 0.25) is 0 Å². The topological polar surface area (TPSA) is 78.9 Å². The second-order valence-corrected chi connectivity index (χ2v) is 11.4. The minimum atomic E-state index is -1.02. The lowest BCUT2D eigenvalue weighted by molar-refractivity contribution is -0.139. The quantitative estimate of drug-likeness (QED) is 0.295. The number of hydrogen-bond donors (Lipinski definition) is 2. The van der Waals surface area contributed by atoms with Crippen molar-refractivity contribution in [1.82, 2.24) is 10.2 Å². The molecule has 3 unspecified atom stereocenters. The summed E-state index contributed by atoms with van der Waals surface area (Å²) < 4.78 is 6.11.